The molecule has 1 aromatic rings. The first-order chi connectivity index (χ1) is 11.5. The number of nitrogens with one attached hydrogen (secondary N) is 1. The summed E-state index contributed by atoms with van der Waals surface area (Å²) >= 11 is 0. The highest BCUT2D eigenvalue weighted by atomic mass is 16.2. The second-order valence-electron chi connectivity index (χ2n) is 7.50. The lowest BCUT2D eigenvalue weighted by Gasteiger charge is -2.31. The zero-order valence-corrected chi connectivity index (χ0v) is 15.0. The number of hydrogen-bond acceptors (Lipinski definition) is 2. The standard InChI is InChI=1S/C20H28N2O2/c1-13-9-14(2)19(15(3)10-13)21-20(24)16-11-18(23)22(12-16)17-7-5-4-6-8-17/h9-10,16-17H,4-8,11-12H2,1-3H3,(H,21,24)/t16-/m1/s1. The van der Waals surface area contributed by atoms with Gasteiger partial charge in [0, 0.05) is 24.7 Å². The van der Waals surface area contributed by atoms with E-state index in [1.165, 1.54) is 24.8 Å². The van der Waals surface area contributed by atoms with Crippen molar-refractivity contribution in [2.24, 2.45) is 5.92 Å². The summed E-state index contributed by atoms with van der Waals surface area (Å²) < 4.78 is 0. The maximum absolute atomic E-state index is 12.7. The van der Waals surface area contributed by atoms with Gasteiger partial charge in [-0.25, -0.2) is 0 Å². The normalized spacial score (nSPS) is 22.0. The van der Waals surface area contributed by atoms with Crippen LogP contribution >= 0.6 is 0 Å². The van der Waals surface area contributed by atoms with Crippen molar-refractivity contribution in [1.29, 1.82) is 0 Å². The molecule has 0 radical (unpaired) electrons. The van der Waals surface area contributed by atoms with Crippen molar-refractivity contribution in [3.05, 3.63) is 28.8 Å². The number of carbonyl (C=O) groups is 2. The fraction of sp³-hybridized carbons (Fsp3) is 0.600. The molecular formula is C20H28N2O2. The summed E-state index contributed by atoms with van der Waals surface area (Å²) in [7, 11) is 0. The Morgan fingerprint density at radius 1 is 1.08 bits per heavy atom. The highest BCUT2D eigenvalue weighted by molar-refractivity contribution is 5.98. The molecule has 0 aromatic heterocycles. The molecule has 1 aliphatic heterocycles. The number of likely N-dealkylation sites (tertiary alicyclic amines) is 1. The molecule has 2 aliphatic rings. The highest BCUT2D eigenvalue weighted by Gasteiger charge is 2.38. The minimum Gasteiger partial charge on any atom is -0.339 e. The van der Waals surface area contributed by atoms with Gasteiger partial charge >= 0.3 is 0 Å². The van der Waals surface area contributed by atoms with Crippen LogP contribution in [0.5, 0.6) is 0 Å². The Morgan fingerprint density at radius 3 is 2.33 bits per heavy atom. The van der Waals surface area contributed by atoms with Crippen LogP contribution < -0.4 is 5.32 Å². The van der Waals surface area contributed by atoms with E-state index in [1.807, 2.05) is 18.7 Å². The summed E-state index contributed by atoms with van der Waals surface area (Å²) in [4.78, 5) is 27.0. The Morgan fingerprint density at radius 2 is 1.71 bits per heavy atom. The van der Waals surface area contributed by atoms with Gasteiger partial charge in [0.05, 0.1) is 5.92 Å². The second kappa shape index (κ2) is 6.96. The summed E-state index contributed by atoms with van der Waals surface area (Å²) in [6.07, 6.45) is 6.22. The number of hydrogen-bond donors (Lipinski definition) is 1. The number of carbonyl (C=O) groups excluding carboxylic acids is 2. The lowest BCUT2D eigenvalue weighted by Crippen LogP contribution is -2.38. The summed E-state index contributed by atoms with van der Waals surface area (Å²) in [6, 6.07) is 4.51. The number of rotatable bonds is 3. The van der Waals surface area contributed by atoms with Crippen LogP contribution in [0.15, 0.2) is 12.1 Å². The molecule has 4 nitrogen and oxygen atoms in total. The Kier molecular flexibility index (Phi) is 4.93. The molecule has 1 saturated carbocycles. The van der Waals surface area contributed by atoms with Crippen LogP contribution in [0.25, 0.3) is 0 Å². The molecule has 130 valence electrons. The van der Waals surface area contributed by atoms with Crippen molar-refractivity contribution in [3.63, 3.8) is 0 Å². The minimum absolute atomic E-state index is 0.0169. The molecule has 3 rings (SSSR count). The molecule has 1 heterocycles. The highest BCUT2D eigenvalue weighted by Crippen LogP contribution is 2.30. The van der Waals surface area contributed by atoms with E-state index in [1.54, 1.807) is 0 Å². The fourth-order valence-corrected chi connectivity index (χ4v) is 4.26. The van der Waals surface area contributed by atoms with Crippen molar-refractivity contribution in [1.82, 2.24) is 4.90 Å². The monoisotopic (exact) mass is 328 g/mol. The molecule has 1 N–H and O–H groups in total. The summed E-state index contributed by atoms with van der Waals surface area (Å²) in [6.45, 7) is 6.68. The van der Waals surface area contributed by atoms with Crippen molar-refractivity contribution < 1.29 is 9.59 Å². The van der Waals surface area contributed by atoms with E-state index >= 15 is 0 Å². The first kappa shape index (κ1) is 17.0. The van der Waals surface area contributed by atoms with Crippen LogP contribution in [0.2, 0.25) is 0 Å². The zero-order chi connectivity index (χ0) is 17.3. The fourth-order valence-electron chi connectivity index (χ4n) is 4.26. The van der Waals surface area contributed by atoms with Gasteiger partial charge in [-0.15, -0.1) is 0 Å². The van der Waals surface area contributed by atoms with Crippen LogP contribution in [-0.4, -0.2) is 29.3 Å². The Balaban J connectivity index is 1.67. The van der Waals surface area contributed by atoms with Crippen molar-refractivity contribution in [2.75, 3.05) is 11.9 Å². The summed E-state index contributed by atoms with van der Waals surface area (Å²) in [5.74, 6) is -0.0874. The topological polar surface area (TPSA) is 49.4 Å². The SMILES string of the molecule is Cc1cc(C)c(NC(=O)[C@@H]2CC(=O)N(C3CCCCC3)C2)c(C)c1. The van der Waals surface area contributed by atoms with Crippen LogP contribution in [0, 0.1) is 26.7 Å². The summed E-state index contributed by atoms with van der Waals surface area (Å²) in [5.41, 5.74) is 4.25. The van der Waals surface area contributed by atoms with Crippen molar-refractivity contribution in [2.45, 2.75) is 65.3 Å². The molecule has 2 amide bonds. The smallest absolute Gasteiger partial charge is 0.229 e. The molecule has 0 bridgehead atoms. The molecule has 1 atom stereocenters. The molecule has 1 aliphatic carbocycles. The largest absolute Gasteiger partial charge is 0.339 e. The van der Waals surface area contributed by atoms with E-state index in [0.29, 0.717) is 19.0 Å². The van der Waals surface area contributed by atoms with E-state index < -0.39 is 0 Å². The van der Waals surface area contributed by atoms with Gasteiger partial charge in [-0.2, -0.15) is 0 Å². The Hall–Kier alpha value is -1.84. The average molecular weight is 328 g/mol. The predicted octanol–water partition coefficient (Wildman–Crippen LogP) is 3.73. The average Bonchev–Trinajstić information content (AvgIpc) is 2.93. The quantitative estimate of drug-likeness (QED) is 0.919. The Bertz CT molecular complexity index is 624. The third kappa shape index (κ3) is 3.47. The van der Waals surface area contributed by atoms with E-state index in [9.17, 15) is 9.59 Å². The van der Waals surface area contributed by atoms with Gasteiger partial charge in [-0.05, 0) is 44.7 Å². The molecular weight excluding hydrogens is 300 g/mol. The minimum atomic E-state index is -0.223. The number of nitrogens with zero attached hydrogens (tertiary/aromatic N) is 1. The van der Waals surface area contributed by atoms with Gasteiger partial charge in [-0.3, -0.25) is 9.59 Å². The zero-order valence-electron chi connectivity index (χ0n) is 15.0. The third-order valence-electron chi connectivity index (χ3n) is 5.47. The van der Waals surface area contributed by atoms with E-state index in [4.69, 9.17) is 0 Å². The van der Waals surface area contributed by atoms with Crippen LogP contribution in [0.4, 0.5) is 5.69 Å². The molecule has 1 saturated heterocycles. The van der Waals surface area contributed by atoms with Gasteiger partial charge in [0.25, 0.3) is 0 Å². The second-order valence-corrected chi connectivity index (χ2v) is 7.50. The maximum atomic E-state index is 12.7. The number of anilines is 1. The Labute approximate surface area is 144 Å². The summed E-state index contributed by atoms with van der Waals surface area (Å²) in [5, 5.41) is 3.07. The molecule has 4 heteroatoms. The lowest BCUT2D eigenvalue weighted by molar-refractivity contribution is -0.130. The number of amides is 2. The van der Waals surface area contributed by atoms with Crippen molar-refractivity contribution >= 4 is 17.5 Å². The van der Waals surface area contributed by atoms with Crippen molar-refractivity contribution in [3.8, 4) is 0 Å². The molecule has 0 unspecified atom stereocenters. The molecule has 24 heavy (non-hydrogen) atoms. The third-order valence-corrected chi connectivity index (χ3v) is 5.47. The van der Waals surface area contributed by atoms with Crippen LogP contribution in [0.3, 0.4) is 0 Å². The number of aryl methyl sites for hydroxylation is 3. The lowest BCUT2D eigenvalue weighted by atomic mass is 9.94. The van der Waals surface area contributed by atoms with Gasteiger partial charge in [0.1, 0.15) is 0 Å². The van der Waals surface area contributed by atoms with E-state index in [2.05, 4.69) is 24.4 Å². The van der Waals surface area contributed by atoms with E-state index in [0.717, 1.165) is 29.7 Å². The van der Waals surface area contributed by atoms with Crippen LogP contribution in [0.1, 0.15) is 55.2 Å². The molecule has 0 spiro atoms. The first-order valence-corrected chi connectivity index (χ1v) is 9.14. The van der Waals surface area contributed by atoms with E-state index in [-0.39, 0.29) is 17.7 Å². The first-order valence-electron chi connectivity index (χ1n) is 9.14. The number of benzene rings is 1. The predicted molar refractivity (Wildman–Crippen MR) is 96.0 cm³/mol. The van der Waals surface area contributed by atoms with Gasteiger partial charge in [0.2, 0.25) is 11.8 Å². The van der Waals surface area contributed by atoms with Crippen LogP contribution in [-0.2, 0) is 9.59 Å². The van der Waals surface area contributed by atoms with Gasteiger partial charge in [-0.1, -0.05) is 37.0 Å². The maximum Gasteiger partial charge on any atom is 0.229 e. The molecule has 1 aromatic carbocycles. The molecule has 2 fully saturated rings. The van der Waals surface area contributed by atoms with Gasteiger partial charge in [0.15, 0.2) is 0 Å². The van der Waals surface area contributed by atoms with Gasteiger partial charge < -0.3 is 10.2 Å².